The lowest BCUT2D eigenvalue weighted by molar-refractivity contribution is 0.229. The molecule has 4 nitrogen and oxygen atoms in total. The van der Waals surface area contributed by atoms with E-state index >= 15 is 0 Å². The first-order chi connectivity index (χ1) is 8.99. The molecule has 1 atom stereocenters. The van der Waals surface area contributed by atoms with Gasteiger partial charge >= 0.3 is 0 Å². The van der Waals surface area contributed by atoms with Gasteiger partial charge in [0.05, 0.1) is 6.54 Å². The summed E-state index contributed by atoms with van der Waals surface area (Å²) >= 11 is 0. The van der Waals surface area contributed by atoms with Crippen LogP contribution in [0.5, 0.6) is 5.75 Å². The molecule has 0 spiro atoms. The Balaban J connectivity index is 0.00000361. The van der Waals surface area contributed by atoms with Crippen molar-refractivity contribution in [1.82, 2.24) is 5.32 Å². The molecule has 0 aromatic heterocycles. The molecule has 0 amide bonds. The molecular weight excluding hydrogens is 365 g/mol. The van der Waals surface area contributed by atoms with Crippen molar-refractivity contribution < 1.29 is 4.74 Å². The fraction of sp³-hybridized carbons (Fsp3) is 0.400. The quantitative estimate of drug-likeness (QED) is 0.341. The van der Waals surface area contributed by atoms with Crippen LogP contribution in [-0.4, -0.2) is 25.2 Å². The Morgan fingerprint density at radius 1 is 1.45 bits per heavy atom. The Hall–Kier alpha value is -1.24. The molecule has 0 bridgehead atoms. The Bertz CT molecular complexity index is 460. The van der Waals surface area contributed by atoms with Gasteiger partial charge in [0.25, 0.3) is 0 Å². The van der Waals surface area contributed by atoms with Gasteiger partial charge in [0.15, 0.2) is 5.96 Å². The van der Waals surface area contributed by atoms with Crippen molar-refractivity contribution in [2.24, 2.45) is 10.7 Å². The maximum absolute atomic E-state index is 5.81. The molecule has 1 rings (SSSR count). The number of halogens is 1. The van der Waals surface area contributed by atoms with E-state index in [1.54, 1.807) is 0 Å². The fourth-order valence-electron chi connectivity index (χ4n) is 1.47. The summed E-state index contributed by atoms with van der Waals surface area (Å²) in [6.45, 7) is 10.9. The van der Waals surface area contributed by atoms with E-state index < -0.39 is 0 Å². The van der Waals surface area contributed by atoms with E-state index in [1.807, 2.05) is 45.0 Å². The molecule has 0 aliphatic rings. The topological polar surface area (TPSA) is 59.6 Å². The van der Waals surface area contributed by atoms with Crippen molar-refractivity contribution >= 4 is 29.9 Å². The molecule has 0 aliphatic carbocycles. The number of rotatable bonds is 6. The lowest BCUT2D eigenvalue weighted by Crippen LogP contribution is -2.33. The van der Waals surface area contributed by atoms with Crippen LogP contribution in [0, 0.1) is 6.92 Å². The predicted molar refractivity (Wildman–Crippen MR) is 96.0 cm³/mol. The number of guanidine groups is 1. The van der Waals surface area contributed by atoms with Gasteiger partial charge in [-0.05, 0) is 32.4 Å². The van der Waals surface area contributed by atoms with E-state index in [4.69, 9.17) is 10.5 Å². The number of ether oxygens (including phenoxy) is 1. The molecule has 0 aliphatic heterocycles. The first kappa shape index (κ1) is 18.8. The van der Waals surface area contributed by atoms with E-state index in [0.717, 1.165) is 16.9 Å². The molecule has 0 saturated carbocycles. The van der Waals surface area contributed by atoms with Crippen LogP contribution in [0.15, 0.2) is 41.4 Å². The number of hydrogen-bond donors (Lipinski definition) is 2. The second-order valence-corrected chi connectivity index (χ2v) is 4.73. The number of nitrogens with zero attached hydrogens (tertiary/aromatic N) is 1. The van der Waals surface area contributed by atoms with E-state index in [9.17, 15) is 0 Å². The number of nitrogens with two attached hydrogens (primary N) is 1. The normalized spacial score (nSPS) is 12.2. The molecule has 0 saturated heterocycles. The summed E-state index contributed by atoms with van der Waals surface area (Å²) in [6, 6.07) is 7.93. The first-order valence-corrected chi connectivity index (χ1v) is 6.39. The highest BCUT2D eigenvalue weighted by molar-refractivity contribution is 14.0. The Morgan fingerprint density at radius 3 is 2.70 bits per heavy atom. The van der Waals surface area contributed by atoms with Crippen molar-refractivity contribution in [1.29, 1.82) is 0 Å². The van der Waals surface area contributed by atoms with Gasteiger partial charge < -0.3 is 15.8 Å². The zero-order valence-electron chi connectivity index (χ0n) is 12.3. The Labute approximate surface area is 138 Å². The highest BCUT2D eigenvalue weighted by Gasteiger charge is 2.05. The Kier molecular flexibility index (Phi) is 9.03. The second kappa shape index (κ2) is 9.63. The zero-order valence-corrected chi connectivity index (χ0v) is 14.7. The SMILES string of the molecule is C=C(C)CNC(N)=NCC(C)Oc1ccccc1C.I. The minimum absolute atomic E-state index is 0. The molecule has 1 aromatic rings. The van der Waals surface area contributed by atoms with Gasteiger partial charge in [-0.3, -0.25) is 0 Å². The summed E-state index contributed by atoms with van der Waals surface area (Å²) in [5, 5.41) is 2.99. The van der Waals surface area contributed by atoms with Crippen LogP contribution in [0.4, 0.5) is 0 Å². The predicted octanol–water partition coefficient (Wildman–Crippen LogP) is 2.86. The lowest BCUT2D eigenvalue weighted by atomic mass is 10.2. The Morgan fingerprint density at radius 2 is 2.10 bits per heavy atom. The fourth-order valence-corrected chi connectivity index (χ4v) is 1.47. The van der Waals surface area contributed by atoms with E-state index in [2.05, 4.69) is 16.9 Å². The molecule has 112 valence electrons. The van der Waals surface area contributed by atoms with Crippen LogP contribution in [0.2, 0.25) is 0 Å². The third kappa shape index (κ3) is 7.37. The first-order valence-electron chi connectivity index (χ1n) is 6.39. The summed E-state index contributed by atoms with van der Waals surface area (Å²) < 4.78 is 5.81. The number of nitrogens with one attached hydrogen (secondary N) is 1. The van der Waals surface area contributed by atoms with Crippen molar-refractivity contribution in [3.05, 3.63) is 42.0 Å². The molecule has 5 heteroatoms. The van der Waals surface area contributed by atoms with Crippen LogP contribution >= 0.6 is 24.0 Å². The smallest absolute Gasteiger partial charge is 0.188 e. The largest absolute Gasteiger partial charge is 0.489 e. The average Bonchev–Trinajstić information content (AvgIpc) is 2.36. The van der Waals surface area contributed by atoms with Gasteiger partial charge in [0.2, 0.25) is 0 Å². The van der Waals surface area contributed by atoms with Crippen LogP contribution in [0.3, 0.4) is 0 Å². The number of para-hydroxylation sites is 1. The standard InChI is InChI=1S/C15H23N3O.HI/c1-11(2)9-17-15(16)18-10-13(4)19-14-8-6-5-7-12(14)3;/h5-8,13H,1,9-10H2,2-4H3,(H3,16,17,18);1H. The lowest BCUT2D eigenvalue weighted by Gasteiger charge is -2.15. The maximum atomic E-state index is 5.81. The molecular formula is C15H24IN3O. The van der Waals surface area contributed by atoms with Crippen molar-refractivity contribution in [2.75, 3.05) is 13.1 Å². The maximum Gasteiger partial charge on any atom is 0.188 e. The number of hydrogen-bond acceptors (Lipinski definition) is 2. The van der Waals surface area contributed by atoms with Gasteiger partial charge in [0.1, 0.15) is 11.9 Å². The summed E-state index contributed by atoms with van der Waals surface area (Å²) in [4.78, 5) is 4.24. The van der Waals surface area contributed by atoms with Gasteiger partial charge in [-0.25, -0.2) is 4.99 Å². The second-order valence-electron chi connectivity index (χ2n) is 4.73. The van der Waals surface area contributed by atoms with Crippen molar-refractivity contribution in [3.8, 4) is 5.75 Å². The summed E-state index contributed by atoms with van der Waals surface area (Å²) in [5.41, 5.74) is 7.87. The average molecular weight is 389 g/mol. The summed E-state index contributed by atoms with van der Waals surface area (Å²) in [7, 11) is 0. The van der Waals surface area contributed by atoms with Crippen LogP contribution in [-0.2, 0) is 0 Å². The molecule has 3 N–H and O–H groups in total. The van der Waals surface area contributed by atoms with Gasteiger partial charge in [-0.15, -0.1) is 24.0 Å². The number of benzene rings is 1. The highest BCUT2D eigenvalue weighted by atomic mass is 127. The van der Waals surface area contributed by atoms with Crippen molar-refractivity contribution in [3.63, 3.8) is 0 Å². The van der Waals surface area contributed by atoms with Gasteiger partial charge in [-0.2, -0.15) is 0 Å². The van der Waals surface area contributed by atoms with Gasteiger partial charge in [0, 0.05) is 6.54 Å². The third-order valence-electron chi connectivity index (χ3n) is 2.51. The third-order valence-corrected chi connectivity index (χ3v) is 2.51. The van der Waals surface area contributed by atoms with Crippen LogP contribution < -0.4 is 15.8 Å². The molecule has 0 heterocycles. The summed E-state index contributed by atoms with van der Waals surface area (Å²) in [6.07, 6.45) is -0.0220. The van der Waals surface area contributed by atoms with E-state index in [-0.39, 0.29) is 30.1 Å². The number of aryl methyl sites for hydroxylation is 1. The van der Waals surface area contributed by atoms with E-state index in [1.165, 1.54) is 0 Å². The van der Waals surface area contributed by atoms with Crippen molar-refractivity contribution in [2.45, 2.75) is 26.9 Å². The minimum atomic E-state index is -0.0220. The van der Waals surface area contributed by atoms with Crippen LogP contribution in [0.25, 0.3) is 0 Å². The molecule has 1 unspecified atom stereocenters. The van der Waals surface area contributed by atoms with Crippen LogP contribution in [0.1, 0.15) is 19.4 Å². The zero-order chi connectivity index (χ0) is 14.3. The highest BCUT2D eigenvalue weighted by Crippen LogP contribution is 2.17. The van der Waals surface area contributed by atoms with E-state index in [0.29, 0.717) is 19.0 Å². The molecule has 1 aromatic carbocycles. The number of aliphatic imine (C=N–C) groups is 1. The summed E-state index contributed by atoms with van der Waals surface area (Å²) in [5.74, 6) is 1.31. The molecule has 0 fully saturated rings. The molecule has 0 radical (unpaired) electrons. The monoisotopic (exact) mass is 389 g/mol. The molecule has 20 heavy (non-hydrogen) atoms. The van der Waals surface area contributed by atoms with Gasteiger partial charge in [-0.1, -0.05) is 30.4 Å². The minimum Gasteiger partial charge on any atom is -0.489 e.